The van der Waals surface area contributed by atoms with Crippen molar-refractivity contribution >= 4 is 16.9 Å². The van der Waals surface area contributed by atoms with Crippen molar-refractivity contribution in [1.82, 2.24) is 19.4 Å². The monoisotopic (exact) mass is 311 g/mol. The number of carbonyl (C=O) groups is 1. The SMILES string of the molecule is CC(C)(C)C(=O)Nn1cnc2c(cnn2-c2ccccc2)c1=O. The zero-order valence-corrected chi connectivity index (χ0v) is 13.1. The molecule has 0 aliphatic carbocycles. The summed E-state index contributed by atoms with van der Waals surface area (Å²) in [5, 5.41) is 4.56. The van der Waals surface area contributed by atoms with Gasteiger partial charge in [-0.15, -0.1) is 0 Å². The Bertz CT molecular complexity index is 919. The third kappa shape index (κ3) is 2.73. The van der Waals surface area contributed by atoms with Gasteiger partial charge in [0.2, 0.25) is 5.91 Å². The van der Waals surface area contributed by atoms with Crippen LogP contribution in [0.1, 0.15) is 20.8 Å². The summed E-state index contributed by atoms with van der Waals surface area (Å²) >= 11 is 0. The molecule has 7 nitrogen and oxygen atoms in total. The predicted molar refractivity (Wildman–Crippen MR) is 86.9 cm³/mol. The van der Waals surface area contributed by atoms with Crippen LogP contribution in [-0.2, 0) is 4.79 Å². The van der Waals surface area contributed by atoms with Gasteiger partial charge < -0.3 is 0 Å². The Morgan fingerprint density at radius 3 is 2.52 bits per heavy atom. The zero-order chi connectivity index (χ0) is 16.6. The third-order valence-corrected chi connectivity index (χ3v) is 3.39. The summed E-state index contributed by atoms with van der Waals surface area (Å²) in [5.74, 6) is -0.267. The molecule has 1 N–H and O–H groups in total. The molecule has 3 aromatic rings. The first-order chi connectivity index (χ1) is 10.9. The van der Waals surface area contributed by atoms with Gasteiger partial charge in [-0.05, 0) is 12.1 Å². The number of nitrogens with zero attached hydrogens (tertiary/aromatic N) is 4. The van der Waals surface area contributed by atoms with Crippen LogP contribution in [0.4, 0.5) is 0 Å². The summed E-state index contributed by atoms with van der Waals surface area (Å²) in [6.45, 7) is 5.31. The van der Waals surface area contributed by atoms with Crippen LogP contribution in [0.15, 0.2) is 47.7 Å². The van der Waals surface area contributed by atoms with Gasteiger partial charge in [0.15, 0.2) is 5.65 Å². The number of carbonyl (C=O) groups excluding carboxylic acids is 1. The molecule has 2 aromatic heterocycles. The Morgan fingerprint density at radius 2 is 1.87 bits per heavy atom. The van der Waals surface area contributed by atoms with E-state index < -0.39 is 5.41 Å². The summed E-state index contributed by atoms with van der Waals surface area (Å²) < 4.78 is 2.68. The molecular weight excluding hydrogens is 294 g/mol. The zero-order valence-electron chi connectivity index (χ0n) is 13.1. The lowest BCUT2D eigenvalue weighted by atomic mass is 9.96. The molecule has 0 aliphatic heterocycles. The Kier molecular flexibility index (Phi) is 3.48. The molecule has 0 fully saturated rings. The van der Waals surface area contributed by atoms with E-state index in [-0.39, 0.29) is 11.5 Å². The van der Waals surface area contributed by atoms with Crippen LogP contribution in [0, 0.1) is 5.41 Å². The minimum absolute atomic E-state index is 0.267. The number of hydrogen-bond donors (Lipinski definition) is 1. The molecular formula is C16H17N5O2. The number of amides is 1. The van der Waals surface area contributed by atoms with Gasteiger partial charge in [-0.1, -0.05) is 39.0 Å². The standard InChI is InChI=1S/C16H17N5O2/c1-16(2,3)15(23)19-20-10-17-13-12(14(20)22)9-18-21(13)11-7-5-4-6-8-11/h4-10H,1-3H3,(H,19,23). The van der Waals surface area contributed by atoms with Crippen molar-refractivity contribution in [3.05, 3.63) is 53.2 Å². The topological polar surface area (TPSA) is 81.8 Å². The highest BCUT2D eigenvalue weighted by molar-refractivity contribution is 5.88. The highest BCUT2D eigenvalue weighted by atomic mass is 16.2. The van der Waals surface area contributed by atoms with E-state index in [1.807, 2.05) is 30.3 Å². The lowest BCUT2D eigenvalue weighted by Crippen LogP contribution is -2.39. The van der Waals surface area contributed by atoms with Gasteiger partial charge in [-0.3, -0.25) is 15.0 Å². The number of fused-ring (bicyclic) bond motifs is 1. The summed E-state index contributed by atoms with van der Waals surface area (Å²) in [7, 11) is 0. The molecule has 2 heterocycles. The highest BCUT2D eigenvalue weighted by Crippen LogP contribution is 2.14. The van der Waals surface area contributed by atoms with Crippen molar-refractivity contribution in [3.8, 4) is 5.69 Å². The number of para-hydroxylation sites is 1. The van der Waals surface area contributed by atoms with E-state index in [0.29, 0.717) is 11.0 Å². The fraction of sp³-hybridized carbons (Fsp3) is 0.250. The van der Waals surface area contributed by atoms with Crippen molar-refractivity contribution in [3.63, 3.8) is 0 Å². The quantitative estimate of drug-likeness (QED) is 0.781. The molecule has 3 rings (SSSR count). The van der Waals surface area contributed by atoms with Crippen LogP contribution in [0.25, 0.3) is 16.7 Å². The van der Waals surface area contributed by atoms with Crippen LogP contribution in [0.2, 0.25) is 0 Å². The Balaban J connectivity index is 2.05. The van der Waals surface area contributed by atoms with Crippen molar-refractivity contribution in [2.75, 3.05) is 5.43 Å². The average molecular weight is 311 g/mol. The van der Waals surface area contributed by atoms with Crippen LogP contribution in [0.3, 0.4) is 0 Å². The Labute approximate surface area is 132 Å². The Morgan fingerprint density at radius 1 is 1.17 bits per heavy atom. The third-order valence-electron chi connectivity index (χ3n) is 3.39. The molecule has 0 spiro atoms. The fourth-order valence-electron chi connectivity index (χ4n) is 2.03. The van der Waals surface area contributed by atoms with Gasteiger partial charge in [-0.25, -0.2) is 14.3 Å². The van der Waals surface area contributed by atoms with E-state index in [4.69, 9.17) is 0 Å². The molecule has 7 heteroatoms. The van der Waals surface area contributed by atoms with Crippen LogP contribution in [-0.4, -0.2) is 25.3 Å². The van der Waals surface area contributed by atoms with Crippen molar-refractivity contribution in [1.29, 1.82) is 0 Å². The van der Waals surface area contributed by atoms with Crippen molar-refractivity contribution < 1.29 is 4.79 Å². The molecule has 0 radical (unpaired) electrons. The summed E-state index contributed by atoms with van der Waals surface area (Å²) in [6, 6.07) is 9.42. The van der Waals surface area contributed by atoms with Gasteiger partial charge in [0, 0.05) is 5.41 Å². The lowest BCUT2D eigenvalue weighted by molar-refractivity contribution is -0.124. The number of aromatic nitrogens is 4. The van der Waals surface area contributed by atoms with E-state index in [1.54, 1.807) is 25.5 Å². The van der Waals surface area contributed by atoms with E-state index in [9.17, 15) is 9.59 Å². The maximum Gasteiger partial charge on any atom is 0.283 e. The number of rotatable bonds is 2. The highest BCUT2D eigenvalue weighted by Gasteiger charge is 2.22. The van der Waals surface area contributed by atoms with Gasteiger partial charge in [0.25, 0.3) is 5.56 Å². The van der Waals surface area contributed by atoms with Gasteiger partial charge in [0.05, 0.1) is 11.9 Å². The first kappa shape index (κ1) is 15.0. The number of nitrogens with one attached hydrogen (secondary N) is 1. The van der Waals surface area contributed by atoms with Crippen molar-refractivity contribution in [2.45, 2.75) is 20.8 Å². The summed E-state index contributed by atoms with van der Waals surface area (Å²) in [6.07, 6.45) is 2.76. The Hall–Kier alpha value is -2.96. The first-order valence-corrected chi connectivity index (χ1v) is 7.20. The van der Waals surface area contributed by atoms with Gasteiger partial charge >= 0.3 is 0 Å². The second kappa shape index (κ2) is 5.35. The second-order valence-corrected chi connectivity index (χ2v) is 6.24. The molecule has 118 valence electrons. The first-order valence-electron chi connectivity index (χ1n) is 7.20. The van der Waals surface area contributed by atoms with E-state index >= 15 is 0 Å². The lowest BCUT2D eigenvalue weighted by Gasteiger charge is -2.18. The molecule has 0 atom stereocenters. The average Bonchev–Trinajstić information content (AvgIpc) is 2.94. The molecule has 1 amide bonds. The maximum atomic E-state index is 12.5. The molecule has 0 bridgehead atoms. The minimum atomic E-state index is -0.609. The summed E-state index contributed by atoms with van der Waals surface area (Å²) in [4.78, 5) is 28.8. The number of benzene rings is 1. The maximum absolute atomic E-state index is 12.5. The summed E-state index contributed by atoms with van der Waals surface area (Å²) in [5.41, 5.74) is 2.84. The van der Waals surface area contributed by atoms with E-state index in [1.165, 1.54) is 12.5 Å². The molecule has 0 aliphatic rings. The largest absolute Gasteiger partial charge is 0.283 e. The number of hydrogen-bond acceptors (Lipinski definition) is 4. The molecule has 0 saturated heterocycles. The van der Waals surface area contributed by atoms with Crippen LogP contribution >= 0.6 is 0 Å². The van der Waals surface area contributed by atoms with Crippen LogP contribution in [0.5, 0.6) is 0 Å². The molecule has 0 saturated carbocycles. The second-order valence-electron chi connectivity index (χ2n) is 6.24. The normalized spacial score (nSPS) is 11.6. The fourth-order valence-corrected chi connectivity index (χ4v) is 2.03. The van der Waals surface area contributed by atoms with Gasteiger partial charge in [0.1, 0.15) is 11.7 Å². The molecule has 0 unspecified atom stereocenters. The van der Waals surface area contributed by atoms with Crippen molar-refractivity contribution in [2.24, 2.45) is 5.41 Å². The van der Waals surface area contributed by atoms with Crippen LogP contribution < -0.4 is 11.0 Å². The van der Waals surface area contributed by atoms with E-state index in [2.05, 4.69) is 15.5 Å². The minimum Gasteiger partial charge on any atom is -0.273 e. The molecule has 23 heavy (non-hydrogen) atoms. The predicted octanol–water partition coefficient (Wildman–Crippen LogP) is 1.70. The van der Waals surface area contributed by atoms with Gasteiger partial charge in [-0.2, -0.15) is 5.10 Å². The smallest absolute Gasteiger partial charge is 0.273 e. The van der Waals surface area contributed by atoms with E-state index in [0.717, 1.165) is 10.4 Å². The molecule has 1 aromatic carbocycles.